The van der Waals surface area contributed by atoms with Crippen LogP contribution in [0.4, 0.5) is 11.5 Å². The zero-order valence-corrected chi connectivity index (χ0v) is 14.5. The number of allylic oxidation sites excluding steroid dienone is 1. The predicted molar refractivity (Wildman–Crippen MR) is 101 cm³/mol. The molecule has 1 aromatic heterocycles. The molecule has 0 saturated heterocycles. The fourth-order valence-corrected chi connectivity index (χ4v) is 2.88. The Morgan fingerprint density at radius 2 is 2.04 bits per heavy atom. The van der Waals surface area contributed by atoms with Gasteiger partial charge in [-0.2, -0.15) is 5.26 Å². The second-order valence-corrected chi connectivity index (χ2v) is 6.22. The molecule has 132 valence electrons. The molecule has 0 radical (unpaired) electrons. The number of anilines is 2. The summed E-state index contributed by atoms with van der Waals surface area (Å²) in [6.07, 6.45) is 9.65. The average Bonchev–Trinajstić information content (AvgIpc) is 2.69. The molecule has 2 aromatic rings. The number of hydrogen-bond donors (Lipinski definition) is 2. The summed E-state index contributed by atoms with van der Waals surface area (Å²) in [4.78, 5) is 20.6. The number of benzene rings is 1. The monoisotopic (exact) mass is 347 g/mol. The van der Waals surface area contributed by atoms with Gasteiger partial charge in [0.2, 0.25) is 0 Å². The van der Waals surface area contributed by atoms with Gasteiger partial charge in [0.1, 0.15) is 17.8 Å². The predicted octanol–water partition coefficient (Wildman–Crippen LogP) is 3.90. The molecule has 0 spiro atoms. The molecule has 0 unspecified atom stereocenters. The zero-order chi connectivity index (χ0) is 18.2. The third-order valence-corrected chi connectivity index (χ3v) is 4.31. The van der Waals surface area contributed by atoms with E-state index >= 15 is 0 Å². The minimum atomic E-state index is -0.310. The average molecular weight is 347 g/mol. The van der Waals surface area contributed by atoms with Gasteiger partial charge < -0.3 is 10.6 Å². The fraction of sp³-hybridized carbons (Fsp3) is 0.300. The van der Waals surface area contributed by atoms with Gasteiger partial charge in [-0.25, -0.2) is 9.97 Å². The largest absolute Gasteiger partial charge is 0.370 e. The van der Waals surface area contributed by atoms with E-state index in [2.05, 4.69) is 26.7 Å². The van der Waals surface area contributed by atoms with E-state index in [1.54, 1.807) is 30.3 Å². The quantitative estimate of drug-likeness (QED) is 0.773. The van der Waals surface area contributed by atoms with Gasteiger partial charge in [0.05, 0.1) is 11.6 Å². The minimum Gasteiger partial charge on any atom is -0.370 e. The Morgan fingerprint density at radius 3 is 2.77 bits per heavy atom. The molecule has 2 N–H and O–H groups in total. The van der Waals surface area contributed by atoms with Gasteiger partial charge in [0.25, 0.3) is 5.91 Å². The summed E-state index contributed by atoms with van der Waals surface area (Å²) in [5.41, 5.74) is 2.95. The van der Waals surface area contributed by atoms with Crippen LogP contribution in [0.15, 0.2) is 48.3 Å². The van der Waals surface area contributed by atoms with E-state index in [1.165, 1.54) is 37.6 Å². The van der Waals surface area contributed by atoms with Crippen LogP contribution < -0.4 is 10.6 Å². The van der Waals surface area contributed by atoms with Gasteiger partial charge in [-0.05, 0) is 56.4 Å². The summed E-state index contributed by atoms with van der Waals surface area (Å²) < 4.78 is 0. The second kappa shape index (κ2) is 8.77. The Morgan fingerprint density at radius 1 is 1.19 bits per heavy atom. The molecular weight excluding hydrogens is 326 g/mol. The molecular formula is C20H21N5O. The molecule has 0 saturated carbocycles. The minimum absolute atomic E-state index is 0.295. The van der Waals surface area contributed by atoms with Crippen LogP contribution in [0, 0.1) is 11.3 Å². The van der Waals surface area contributed by atoms with Crippen molar-refractivity contribution in [2.45, 2.75) is 32.1 Å². The molecule has 0 fully saturated rings. The number of nitrogens with zero attached hydrogens (tertiary/aromatic N) is 3. The van der Waals surface area contributed by atoms with Crippen molar-refractivity contribution in [3.05, 3.63) is 59.6 Å². The Kier molecular flexibility index (Phi) is 5.94. The van der Waals surface area contributed by atoms with Crippen LogP contribution in [0.25, 0.3) is 0 Å². The number of carbonyl (C=O) groups is 1. The number of amides is 1. The number of hydrogen-bond acceptors (Lipinski definition) is 5. The van der Waals surface area contributed by atoms with Gasteiger partial charge in [-0.1, -0.05) is 11.6 Å². The summed E-state index contributed by atoms with van der Waals surface area (Å²) in [6, 6.07) is 10.4. The lowest BCUT2D eigenvalue weighted by Gasteiger charge is -2.13. The van der Waals surface area contributed by atoms with E-state index in [4.69, 9.17) is 5.26 Å². The number of rotatable bonds is 6. The second-order valence-electron chi connectivity index (χ2n) is 6.22. The smallest absolute Gasteiger partial charge is 0.274 e. The maximum absolute atomic E-state index is 12.3. The van der Waals surface area contributed by atoms with Crippen LogP contribution in [0.5, 0.6) is 0 Å². The van der Waals surface area contributed by atoms with Crippen molar-refractivity contribution in [2.75, 3.05) is 17.2 Å². The zero-order valence-electron chi connectivity index (χ0n) is 14.5. The summed E-state index contributed by atoms with van der Waals surface area (Å²) in [7, 11) is 0. The van der Waals surface area contributed by atoms with E-state index < -0.39 is 0 Å². The van der Waals surface area contributed by atoms with Crippen molar-refractivity contribution in [1.29, 1.82) is 5.26 Å². The highest BCUT2D eigenvalue weighted by molar-refractivity contribution is 6.03. The molecule has 0 aliphatic heterocycles. The molecule has 1 aliphatic carbocycles. The van der Waals surface area contributed by atoms with Gasteiger partial charge in [0, 0.05) is 18.3 Å². The molecule has 1 heterocycles. The van der Waals surface area contributed by atoms with Crippen LogP contribution in [-0.2, 0) is 0 Å². The maximum Gasteiger partial charge on any atom is 0.274 e. The lowest BCUT2D eigenvalue weighted by atomic mass is 9.97. The normalized spacial score (nSPS) is 13.4. The van der Waals surface area contributed by atoms with Crippen LogP contribution in [-0.4, -0.2) is 22.4 Å². The van der Waals surface area contributed by atoms with E-state index in [0.29, 0.717) is 22.8 Å². The van der Waals surface area contributed by atoms with Crippen LogP contribution in [0.1, 0.15) is 48.2 Å². The number of nitrogens with one attached hydrogen (secondary N) is 2. The number of nitriles is 1. The lowest BCUT2D eigenvalue weighted by molar-refractivity contribution is 0.102. The van der Waals surface area contributed by atoms with E-state index in [0.717, 1.165) is 13.0 Å². The molecule has 6 nitrogen and oxygen atoms in total. The summed E-state index contributed by atoms with van der Waals surface area (Å²) >= 11 is 0. The molecule has 0 atom stereocenters. The van der Waals surface area contributed by atoms with Crippen LogP contribution in [0.3, 0.4) is 0 Å². The maximum atomic E-state index is 12.3. The highest BCUT2D eigenvalue weighted by atomic mass is 16.1. The Hall–Kier alpha value is -3.20. The molecule has 1 aliphatic rings. The molecule has 6 heteroatoms. The molecule has 3 rings (SSSR count). The first-order valence-electron chi connectivity index (χ1n) is 8.80. The Balaban J connectivity index is 1.56. The Bertz CT molecular complexity index is 836. The van der Waals surface area contributed by atoms with Crippen molar-refractivity contribution in [2.24, 2.45) is 0 Å². The standard InChI is InChI=1S/C20H21N5O/c21-13-16-6-8-17(9-7-16)25-20(26)18-12-19(24-14-23-18)22-11-10-15-4-2-1-3-5-15/h4,6-9,12,14H,1-3,5,10-11H2,(H,25,26)(H,22,23,24). The third kappa shape index (κ3) is 4.90. The SMILES string of the molecule is N#Cc1ccc(NC(=O)c2cc(NCCC3=CCCCC3)ncn2)cc1. The topological polar surface area (TPSA) is 90.7 Å². The third-order valence-electron chi connectivity index (χ3n) is 4.31. The highest BCUT2D eigenvalue weighted by Gasteiger charge is 2.10. The number of aromatic nitrogens is 2. The lowest BCUT2D eigenvalue weighted by Crippen LogP contribution is -2.15. The Labute approximate surface area is 153 Å². The molecule has 1 amide bonds. The molecule has 1 aromatic carbocycles. The van der Waals surface area contributed by atoms with E-state index in [1.807, 2.05) is 6.07 Å². The van der Waals surface area contributed by atoms with Gasteiger partial charge in [-0.3, -0.25) is 4.79 Å². The molecule has 26 heavy (non-hydrogen) atoms. The van der Waals surface area contributed by atoms with E-state index in [-0.39, 0.29) is 5.91 Å². The van der Waals surface area contributed by atoms with Crippen molar-refractivity contribution in [3.8, 4) is 6.07 Å². The van der Waals surface area contributed by atoms with Crippen LogP contribution in [0.2, 0.25) is 0 Å². The summed E-state index contributed by atoms with van der Waals surface area (Å²) in [5.74, 6) is 0.330. The van der Waals surface area contributed by atoms with E-state index in [9.17, 15) is 4.79 Å². The first-order valence-corrected chi connectivity index (χ1v) is 8.80. The summed E-state index contributed by atoms with van der Waals surface area (Å²) in [5, 5.41) is 14.8. The van der Waals surface area contributed by atoms with Crippen molar-refractivity contribution in [1.82, 2.24) is 9.97 Å². The van der Waals surface area contributed by atoms with Crippen molar-refractivity contribution < 1.29 is 4.79 Å². The van der Waals surface area contributed by atoms with Crippen LogP contribution >= 0.6 is 0 Å². The first kappa shape index (κ1) is 17.6. The van der Waals surface area contributed by atoms with Crippen molar-refractivity contribution >= 4 is 17.4 Å². The summed E-state index contributed by atoms with van der Waals surface area (Å²) in [6.45, 7) is 0.791. The van der Waals surface area contributed by atoms with Gasteiger partial charge >= 0.3 is 0 Å². The fourth-order valence-electron chi connectivity index (χ4n) is 2.88. The number of carbonyl (C=O) groups excluding carboxylic acids is 1. The van der Waals surface area contributed by atoms with Gasteiger partial charge in [-0.15, -0.1) is 0 Å². The van der Waals surface area contributed by atoms with Gasteiger partial charge in [0.15, 0.2) is 0 Å². The van der Waals surface area contributed by atoms with Crippen molar-refractivity contribution in [3.63, 3.8) is 0 Å². The molecule has 0 bridgehead atoms. The first-order chi connectivity index (χ1) is 12.7. The highest BCUT2D eigenvalue weighted by Crippen LogP contribution is 2.20.